The summed E-state index contributed by atoms with van der Waals surface area (Å²) in [5.41, 5.74) is 1.55. The minimum atomic E-state index is -1.16. The van der Waals surface area contributed by atoms with Gasteiger partial charge in [0, 0.05) is 12.2 Å². The van der Waals surface area contributed by atoms with Gasteiger partial charge in [-0.3, -0.25) is 14.4 Å². The molecule has 0 saturated carbocycles. The number of benzene rings is 2. The minimum absolute atomic E-state index is 0.0571. The SMILES string of the molecule is CC(C)OC(=O)C(=O)[C@H](Cc1ccccc1)NC(=O)[C@@H]1CSCN1C(=O)CNC(=O)OCc1ccccc1. The first-order chi connectivity index (χ1) is 18.2. The van der Waals surface area contributed by atoms with E-state index in [4.69, 9.17) is 9.47 Å². The molecule has 0 radical (unpaired) electrons. The van der Waals surface area contributed by atoms with Crippen LogP contribution < -0.4 is 10.6 Å². The fourth-order valence-electron chi connectivity index (χ4n) is 3.67. The molecule has 0 unspecified atom stereocenters. The maximum Gasteiger partial charge on any atom is 0.407 e. The zero-order chi connectivity index (χ0) is 27.5. The largest absolute Gasteiger partial charge is 0.457 e. The lowest BCUT2D eigenvalue weighted by Crippen LogP contribution is -2.54. The summed E-state index contributed by atoms with van der Waals surface area (Å²) in [6.45, 7) is 2.95. The number of ether oxygens (including phenoxy) is 2. The van der Waals surface area contributed by atoms with Crippen LogP contribution in [0.15, 0.2) is 60.7 Å². The average molecular weight is 542 g/mol. The zero-order valence-corrected chi connectivity index (χ0v) is 22.1. The first-order valence-electron chi connectivity index (χ1n) is 12.2. The van der Waals surface area contributed by atoms with Crippen LogP contribution in [0.25, 0.3) is 0 Å². The maximum atomic E-state index is 13.2. The van der Waals surface area contributed by atoms with E-state index in [0.29, 0.717) is 5.75 Å². The monoisotopic (exact) mass is 541 g/mol. The van der Waals surface area contributed by atoms with Gasteiger partial charge in [-0.25, -0.2) is 9.59 Å². The van der Waals surface area contributed by atoms with Crippen molar-refractivity contribution in [3.05, 3.63) is 71.8 Å². The van der Waals surface area contributed by atoms with E-state index in [1.54, 1.807) is 50.2 Å². The smallest absolute Gasteiger partial charge is 0.407 e. The van der Waals surface area contributed by atoms with E-state index in [9.17, 15) is 24.0 Å². The highest BCUT2D eigenvalue weighted by Crippen LogP contribution is 2.21. The Balaban J connectivity index is 1.59. The molecule has 1 saturated heterocycles. The fraction of sp³-hybridized carbons (Fsp3) is 0.370. The van der Waals surface area contributed by atoms with E-state index in [0.717, 1.165) is 11.1 Å². The second-order valence-corrected chi connectivity index (χ2v) is 9.86. The number of nitrogens with zero attached hydrogens (tertiary/aromatic N) is 1. The number of carbonyl (C=O) groups is 5. The van der Waals surface area contributed by atoms with Gasteiger partial charge < -0.3 is 25.0 Å². The number of hydrogen-bond donors (Lipinski definition) is 2. The third kappa shape index (κ3) is 8.62. The Labute approximate surface area is 225 Å². The van der Waals surface area contributed by atoms with Crippen LogP contribution in [0.2, 0.25) is 0 Å². The summed E-state index contributed by atoms with van der Waals surface area (Å²) in [6, 6.07) is 16.0. The van der Waals surface area contributed by atoms with E-state index >= 15 is 0 Å². The van der Waals surface area contributed by atoms with Crippen molar-refractivity contribution in [2.24, 2.45) is 0 Å². The predicted octanol–water partition coefficient (Wildman–Crippen LogP) is 2.06. The van der Waals surface area contributed by atoms with Gasteiger partial charge in [-0.1, -0.05) is 60.7 Å². The number of amides is 3. The lowest BCUT2D eigenvalue weighted by Gasteiger charge is -2.25. The molecule has 1 aliphatic heterocycles. The normalized spacial score (nSPS) is 15.4. The molecule has 0 aliphatic carbocycles. The zero-order valence-electron chi connectivity index (χ0n) is 21.3. The Morgan fingerprint density at radius 1 is 0.974 bits per heavy atom. The van der Waals surface area contributed by atoms with Crippen molar-refractivity contribution in [3.63, 3.8) is 0 Å². The van der Waals surface area contributed by atoms with Crippen LogP contribution in [0.3, 0.4) is 0 Å². The summed E-state index contributed by atoms with van der Waals surface area (Å²) in [5, 5.41) is 5.05. The van der Waals surface area contributed by atoms with Crippen molar-refractivity contribution in [3.8, 4) is 0 Å². The summed E-state index contributed by atoms with van der Waals surface area (Å²) in [6.07, 6.45) is -1.17. The van der Waals surface area contributed by atoms with Crippen LogP contribution in [-0.2, 0) is 41.7 Å². The van der Waals surface area contributed by atoms with Gasteiger partial charge in [-0.2, -0.15) is 0 Å². The molecule has 3 rings (SSSR count). The highest BCUT2D eigenvalue weighted by Gasteiger charge is 2.37. The van der Waals surface area contributed by atoms with Crippen molar-refractivity contribution >= 4 is 41.4 Å². The van der Waals surface area contributed by atoms with Gasteiger partial charge in [-0.15, -0.1) is 11.8 Å². The Hall–Kier alpha value is -3.86. The quantitative estimate of drug-likeness (QED) is 0.327. The maximum absolute atomic E-state index is 13.2. The second-order valence-electron chi connectivity index (χ2n) is 8.86. The molecule has 2 aromatic carbocycles. The molecular weight excluding hydrogens is 510 g/mol. The van der Waals surface area contributed by atoms with E-state index in [1.807, 2.05) is 24.3 Å². The Kier molecular flexibility index (Phi) is 10.7. The van der Waals surface area contributed by atoms with Gasteiger partial charge in [0.25, 0.3) is 5.78 Å². The molecule has 2 aromatic rings. The molecule has 3 amide bonds. The van der Waals surface area contributed by atoms with Gasteiger partial charge in [0.15, 0.2) is 0 Å². The number of Topliss-reactive ketones (excluding diaryl/α,β-unsaturated/α-hetero) is 1. The highest BCUT2D eigenvalue weighted by molar-refractivity contribution is 7.99. The first-order valence-corrected chi connectivity index (χ1v) is 13.3. The molecule has 11 heteroatoms. The number of thioether (sulfide) groups is 1. The molecule has 1 aliphatic rings. The molecule has 2 N–H and O–H groups in total. The van der Waals surface area contributed by atoms with Gasteiger partial charge in [0.2, 0.25) is 11.8 Å². The van der Waals surface area contributed by atoms with E-state index in [2.05, 4.69) is 10.6 Å². The number of hydrogen-bond acceptors (Lipinski definition) is 8. The van der Waals surface area contributed by atoms with E-state index in [-0.39, 0.29) is 25.4 Å². The minimum Gasteiger partial charge on any atom is -0.457 e. The van der Waals surface area contributed by atoms with Crippen molar-refractivity contribution in [2.75, 3.05) is 18.2 Å². The average Bonchev–Trinajstić information content (AvgIpc) is 3.41. The third-order valence-corrected chi connectivity index (χ3v) is 6.57. The van der Waals surface area contributed by atoms with E-state index in [1.165, 1.54) is 16.7 Å². The molecule has 1 heterocycles. The summed E-state index contributed by atoms with van der Waals surface area (Å²) in [4.78, 5) is 64.5. The summed E-state index contributed by atoms with van der Waals surface area (Å²) in [7, 11) is 0. The summed E-state index contributed by atoms with van der Waals surface area (Å²) < 4.78 is 10.2. The molecule has 2 atom stereocenters. The van der Waals surface area contributed by atoms with Gasteiger partial charge >= 0.3 is 12.1 Å². The Bertz CT molecular complexity index is 1130. The van der Waals surface area contributed by atoms with Gasteiger partial charge in [0.1, 0.15) is 25.2 Å². The summed E-state index contributed by atoms with van der Waals surface area (Å²) >= 11 is 1.37. The number of carbonyl (C=O) groups excluding carboxylic acids is 5. The molecule has 0 spiro atoms. The predicted molar refractivity (Wildman–Crippen MR) is 141 cm³/mol. The van der Waals surface area contributed by atoms with Gasteiger partial charge in [-0.05, 0) is 25.0 Å². The summed E-state index contributed by atoms with van der Waals surface area (Å²) in [5.74, 6) is -2.41. The van der Waals surface area contributed by atoms with Crippen LogP contribution in [0.1, 0.15) is 25.0 Å². The number of ketones is 1. The highest BCUT2D eigenvalue weighted by atomic mass is 32.2. The van der Waals surface area contributed by atoms with Crippen LogP contribution in [0.4, 0.5) is 4.79 Å². The molecule has 1 fully saturated rings. The molecule has 202 valence electrons. The van der Waals surface area contributed by atoms with Crippen molar-refractivity contribution in [1.29, 1.82) is 0 Å². The Morgan fingerprint density at radius 2 is 1.61 bits per heavy atom. The fourth-order valence-corrected chi connectivity index (χ4v) is 4.85. The number of alkyl carbamates (subject to hydrolysis) is 1. The lowest BCUT2D eigenvalue weighted by molar-refractivity contribution is -0.158. The van der Waals surface area contributed by atoms with E-state index < -0.39 is 47.8 Å². The lowest BCUT2D eigenvalue weighted by atomic mass is 10.0. The van der Waals surface area contributed by atoms with Crippen molar-refractivity contribution < 1.29 is 33.4 Å². The van der Waals surface area contributed by atoms with Crippen LogP contribution in [0.5, 0.6) is 0 Å². The first kappa shape index (κ1) is 28.7. The van der Waals surface area contributed by atoms with Crippen LogP contribution in [-0.4, -0.2) is 70.9 Å². The Morgan fingerprint density at radius 3 is 2.24 bits per heavy atom. The van der Waals surface area contributed by atoms with Crippen molar-refractivity contribution in [2.45, 2.75) is 45.1 Å². The van der Waals surface area contributed by atoms with Crippen LogP contribution >= 0.6 is 11.8 Å². The molecule has 10 nitrogen and oxygen atoms in total. The van der Waals surface area contributed by atoms with Crippen molar-refractivity contribution in [1.82, 2.24) is 15.5 Å². The topological polar surface area (TPSA) is 131 Å². The molecular formula is C27H31N3O7S. The molecule has 0 bridgehead atoms. The van der Waals surface area contributed by atoms with Gasteiger partial charge in [0.05, 0.1) is 12.0 Å². The third-order valence-electron chi connectivity index (χ3n) is 5.56. The number of rotatable bonds is 11. The second kappa shape index (κ2) is 14.2. The van der Waals surface area contributed by atoms with Crippen LogP contribution in [0, 0.1) is 0 Å². The molecule has 0 aromatic heterocycles. The molecule has 38 heavy (non-hydrogen) atoms. The number of esters is 1. The standard InChI is InChI=1S/C27H31N3O7S/c1-18(2)37-26(34)24(32)21(13-19-9-5-3-6-10-19)29-25(33)22-16-38-17-30(22)23(31)14-28-27(35)36-15-20-11-7-4-8-12-20/h3-12,18,21-22H,13-17H2,1-2H3,(H,28,35)(H,29,33)/t21-,22-/m0/s1. The number of nitrogens with one attached hydrogen (secondary N) is 2.